The summed E-state index contributed by atoms with van der Waals surface area (Å²) in [5.41, 5.74) is 2.89. The van der Waals surface area contributed by atoms with Gasteiger partial charge < -0.3 is 0 Å². The first-order chi connectivity index (χ1) is 10.1. The number of benzene rings is 2. The molecule has 2 aromatic carbocycles. The van der Waals surface area contributed by atoms with Crippen LogP contribution >= 0.6 is 46.5 Å². The molecule has 1 heterocycles. The molecule has 21 heavy (non-hydrogen) atoms. The second kappa shape index (κ2) is 6.36. The SMILES string of the molecule is Cc1ccc(Sc2snnc2-c2ccc(Cl)cc2Cl)cc1. The van der Waals surface area contributed by atoms with E-state index in [1.165, 1.54) is 17.1 Å². The lowest BCUT2D eigenvalue weighted by molar-refractivity contribution is 1.15. The van der Waals surface area contributed by atoms with Crippen molar-refractivity contribution in [1.29, 1.82) is 0 Å². The van der Waals surface area contributed by atoms with Gasteiger partial charge in [0.1, 0.15) is 9.90 Å². The first-order valence-corrected chi connectivity index (χ1v) is 8.50. The zero-order chi connectivity index (χ0) is 14.8. The average molecular weight is 353 g/mol. The van der Waals surface area contributed by atoms with E-state index in [1.54, 1.807) is 17.8 Å². The van der Waals surface area contributed by atoms with Gasteiger partial charge in [0.25, 0.3) is 0 Å². The van der Waals surface area contributed by atoms with E-state index in [0.29, 0.717) is 10.0 Å². The van der Waals surface area contributed by atoms with E-state index in [1.807, 2.05) is 12.1 Å². The van der Waals surface area contributed by atoms with Gasteiger partial charge in [-0.2, -0.15) is 0 Å². The van der Waals surface area contributed by atoms with Crippen LogP contribution in [-0.4, -0.2) is 9.59 Å². The molecular formula is C15H10Cl2N2S2. The van der Waals surface area contributed by atoms with E-state index < -0.39 is 0 Å². The maximum atomic E-state index is 6.26. The molecule has 0 aliphatic rings. The smallest absolute Gasteiger partial charge is 0.121 e. The highest BCUT2D eigenvalue weighted by Crippen LogP contribution is 2.40. The van der Waals surface area contributed by atoms with Gasteiger partial charge in [-0.05, 0) is 48.8 Å². The molecule has 6 heteroatoms. The van der Waals surface area contributed by atoms with Crippen molar-refractivity contribution in [3.8, 4) is 11.3 Å². The molecule has 0 N–H and O–H groups in total. The molecule has 0 saturated heterocycles. The van der Waals surface area contributed by atoms with Crippen LogP contribution in [0.15, 0.2) is 51.6 Å². The van der Waals surface area contributed by atoms with E-state index in [2.05, 4.69) is 40.8 Å². The molecule has 0 aliphatic heterocycles. The number of aryl methyl sites for hydroxylation is 1. The van der Waals surface area contributed by atoms with Gasteiger partial charge in [0, 0.05) is 15.5 Å². The molecule has 0 unspecified atom stereocenters. The molecule has 0 atom stereocenters. The molecule has 3 rings (SSSR count). The van der Waals surface area contributed by atoms with Crippen molar-refractivity contribution in [3.63, 3.8) is 0 Å². The predicted octanol–water partition coefficient (Wildman–Crippen LogP) is 5.97. The van der Waals surface area contributed by atoms with Crippen LogP contribution in [0.4, 0.5) is 0 Å². The Hall–Kier alpha value is -1.07. The molecule has 3 aromatic rings. The maximum absolute atomic E-state index is 6.26. The second-order valence-corrected chi connectivity index (χ2v) is 7.39. The lowest BCUT2D eigenvalue weighted by Gasteiger charge is -2.04. The topological polar surface area (TPSA) is 25.8 Å². The summed E-state index contributed by atoms with van der Waals surface area (Å²) in [5, 5.41) is 5.41. The fourth-order valence-corrected chi connectivity index (χ4v) is 4.01. The molecule has 0 amide bonds. The van der Waals surface area contributed by atoms with Crippen LogP contribution in [-0.2, 0) is 0 Å². The summed E-state index contributed by atoms with van der Waals surface area (Å²) in [4.78, 5) is 1.15. The van der Waals surface area contributed by atoms with Crippen molar-refractivity contribution in [3.05, 3.63) is 58.1 Å². The van der Waals surface area contributed by atoms with Crippen molar-refractivity contribution in [2.24, 2.45) is 0 Å². The normalized spacial score (nSPS) is 10.8. The number of hydrogen-bond donors (Lipinski definition) is 0. The quantitative estimate of drug-likeness (QED) is 0.580. The third kappa shape index (κ3) is 3.40. The maximum Gasteiger partial charge on any atom is 0.121 e. The van der Waals surface area contributed by atoms with Crippen LogP contribution in [0.5, 0.6) is 0 Å². The van der Waals surface area contributed by atoms with Crippen molar-refractivity contribution in [2.75, 3.05) is 0 Å². The Morgan fingerprint density at radius 2 is 1.81 bits per heavy atom. The highest BCUT2D eigenvalue weighted by atomic mass is 35.5. The minimum absolute atomic E-state index is 0.584. The lowest BCUT2D eigenvalue weighted by atomic mass is 10.2. The van der Waals surface area contributed by atoms with Crippen molar-refractivity contribution >= 4 is 46.5 Å². The second-order valence-electron chi connectivity index (χ2n) is 4.45. The van der Waals surface area contributed by atoms with Crippen molar-refractivity contribution in [1.82, 2.24) is 9.59 Å². The predicted molar refractivity (Wildman–Crippen MR) is 90.7 cm³/mol. The zero-order valence-corrected chi connectivity index (χ0v) is 14.2. The average Bonchev–Trinajstić information content (AvgIpc) is 2.89. The Balaban J connectivity index is 1.95. The first-order valence-electron chi connectivity index (χ1n) is 6.16. The number of halogens is 2. The van der Waals surface area contributed by atoms with E-state index >= 15 is 0 Å². The van der Waals surface area contributed by atoms with Crippen LogP contribution in [0.1, 0.15) is 5.56 Å². The summed E-state index contributed by atoms with van der Waals surface area (Å²) in [7, 11) is 0. The summed E-state index contributed by atoms with van der Waals surface area (Å²) in [5.74, 6) is 0. The molecule has 106 valence electrons. The van der Waals surface area contributed by atoms with Crippen LogP contribution in [0, 0.1) is 6.92 Å². The van der Waals surface area contributed by atoms with Crippen LogP contribution in [0.3, 0.4) is 0 Å². The van der Waals surface area contributed by atoms with Gasteiger partial charge in [0.15, 0.2) is 0 Å². The minimum Gasteiger partial charge on any atom is -0.137 e. The zero-order valence-electron chi connectivity index (χ0n) is 11.0. The Labute approximate surface area is 141 Å². The number of hydrogen-bond acceptors (Lipinski definition) is 4. The lowest BCUT2D eigenvalue weighted by Crippen LogP contribution is -1.83. The van der Waals surface area contributed by atoms with Gasteiger partial charge in [-0.15, -0.1) is 5.10 Å². The Morgan fingerprint density at radius 1 is 1.05 bits per heavy atom. The van der Waals surface area contributed by atoms with Gasteiger partial charge in [-0.1, -0.05) is 57.1 Å². The molecule has 1 aromatic heterocycles. The van der Waals surface area contributed by atoms with Gasteiger partial charge in [-0.25, -0.2) is 0 Å². The van der Waals surface area contributed by atoms with E-state index in [9.17, 15) is 0 Å². The molecule has 0 fully saturated rings. The molecule has 0 saturated carbocycles. The van der Waals surface area contributed by atoms with Crippen molar-refractivity contribution < 1.29 is 0 Å². The third-order valence-electron chi connectivity index (χ3n) is 2.88. The largest absolute Gasteiger partial charge is 0.137 e. The molecule has 0 aliphatic carbocycles. The van der Waals surface area contributed by atoms with Crippen LogP contribution in [0.2, 0.25) is 10.0 Å². The standard InChI is InChI=1S/C15H10Cl2N2S2/c1-9-2-5-11(6-3-9)20-15-14(18-19-21-15)12-7-4-10(16)8-13(12)17/h2-8H,1H3. The van der Waals surface area contributed by atoms with E-state index in [-0.39, 0.29) is 0 Å². The minimum atomic E-state index is 0.584. The van der Waals surface area contributed by atoms with Gasteiger partial charge in [-0.3, -0.25) is 0 Å². The summed E-state index contributed by atoms with van der Waals surface area (Å²) in [6.07, 6.45) is 0. The third-order valence-corrected chi connectivity index (χ3v) is 5.31. The van der Waals surface area contributed by atoms with Crippen LogP contribution < -0.4 is 0 Å². The molecule has 0 spiro atoms. The van der Waals surface area contributed by atoms with Crippen molar-refractivity contribution in [2.45, 2.75) is 16.0 Å². The fourth-order valence-electron chi connectivity index (χ4n) is 1.81. The number of aromatic nitrogens is 2. The highest BCUT2D eigenvalue weighted by Gasteiger charge is 2.15. The Morgan fingerprint density at radius 3 is 2.52 bits per heavy atom. The molecule has 2 nitrogen and oxygen atoms in total. The number of rotatable bonds is 3. The molecule has 0 bridgehead atoms. The Kier molecular flexibility index (Phi) is 4.50. The molecule has 0 radical (unpaired) electrons. The van der Waals surface area contributed by atoms with Crippen LogP contribution in [0.25, 0.3) is 11.3 Å². The number of nitrogens with zero attached hydrogens (tertiary/aromatic N) is 2. The van der Waals surface area contributed by atoms with Gasteiger partial charge in [0.2, 0.25) is 0 Å². The highest BCUT2D eigenvalue weighted by molar-refractivity contribution is 8.01. The van der Waals surface area contributed by atoms with Gasteiger partial charge >= 0.3 is 0 Å². The van der Waals surface area contributed by atoms with E-state index in [4.69, 9.17) is 23.2 Å². The first kappa shape index (κ1) is 14.9. The Bertz CT molecular complexity index is 770. The summed E-state index contributed by atoms with van der Waals surface area (Å²) < 4.78 is 5.07. The molecular weight excluding hydrogens is 343 g/mol. The monoisotopic (exact) mass is 352 g/mol. The fraction of sp³-hybridized carbons (Fsp3) is 0.0667. The summed E-state index contributed by atoms with van der Waals surface area (Å²) in [6.45, 7) is 2.07. The van der Waals surface area contributed by atoms with E-state index in [0.717, 1.165) is 20.4 Å². The van der Waals surface area contributed by atoms with Gasteiger partial charge in [0.05, 0.1) is 5.02 Å². The summed E-state index contributed by atoms with van der Waals surface area (Å²) in [6, 6.07) is 13.8. The summed E-state index contributed by atoms with van der Waals surface area (Å²) >= 11 is 15.2.